The van der Waals surface area contributed by atoms with E-state index in [0.717, 1.165) is 5.56 Å². The summed E-state index contributed by atoms with van der Waals surface area (Å²) in [6.45, 7) is 0.421. The molecule has 0 bridgehead atoms. The van der Waals surface area contributed by atoms with E-state index in [4.69, 9.17) is 27.2 Å². The molecule has 0 radical (unpaired) electrons. The molecule has 0 saturated heterocycles. The molecule has 5 heteroatoms. The average Bonchev–Trinajstić information content (AvgIpc) is 2.24. The van der Waals surface area contributed by atoms with Gasteiger partial charge in [-0.1, -0.05) is 29.8 Å². The summed E-state index contributed by atoms with van der Waals surface area (Å²) < 4.78 is 5.15. The summed E-state index contributed by atoms with van der Waals surface area (Å²) in [7, 11) is 0. The Morgan fingerprint density at radius 2 is 2.19 bits per heavy atom. The highest BCUT2D eigenvalue weighted by molar-refractivity contribution is 6.31. The first-order valence-electron chi connectivity index (χ1n) is 4.91. The minimum absolute atomic E-state index is 0.0186. The zero-order chi connectivity index (χ0) is 12.0. The fourth-order valence-electron chi connectivity index (χ4n) is 1.24. The maximum absolute atomic E-state index is 10.2. The van der Waals surface area contributed by atoms with E-state index in [9.17, 15) is 4.79 Å². The number of hydrogen-bond donors (Lipinski definition) is 2. The summed E-state index contributed by atoms with van der Waals surface area (Å²) in [6, 6.07) is 6.92. The minimum Gasteiger partial charge on any atom is -0.481 e. The Labute approximate surface area is 99.0 Å². The smallest absolute Gasteiger partial charge is 0.305 e. The minimum atomic E-state index is -0.883. The predicted octanol–water partition coefficient (Wildman–Crippen LogP) is 1.83. The third-order valence-electron chi connectivity index (χ3n) is 2.06. The number of nitrogens with two attached hydrogens (primary N) is 1. The van der Waals surface area contributed by atoms with Crippen molar-refractivity contribution in [3.05, 3.63) is 34.9 Å². The van der Waals surface area contributed by atoms with Crippen LogP contribution in [0.3, 0.4) is 0 Å². The van der Waals surface area contributed by atoms with Crippen molar-refractivity contribution in [2.24, 2.45) is 5.73 Å². The molecule has 0 heterocycles. The third-order valence-corrected chi connectivity index (χ3v) is 2.41. The molecular formula is C11H14ClNO3. The van der Waals surface area contributed by atoms with Gasteiger partial charge in [0, 0.05) is 5.02 Å². The quantitative estimate of drug-likeness (QED) is 0.748. The number of benzene rings is 1. The van der Waals surface area contributed by atoms with Crippen molar-refractivity contribution >= 4 is 17.6 Å². The fourth-order valence-corrected chi connectivity index (χ4v) is 1.51. The number of aliphatic carboxylic acids is 1. The van der Waals surface area contributed by atoms with Crippen LogP contribution in [0, 0.1) is 0 Å². The van der Waals surface area contributed by atoms with Crippen LogP contribution in [-0.4, -0.2) is 24.3 Å². The zero-order valence-electron chi connectivity index (χ0n) is 8.73. The first-order valence-corrected chi connectivity index (χ1v) is 5.28. The fraction of sp³-hybridized carbons (Fsp3) is 0.364. The van der Waals surface area contributed by atoms with Crippen LogP contribution in [0.15, 0.2) is 24.3 Å². The molecule has 0 saturated carbocycles. The Morgan fingerprint density at radius 3 is 2.81 bits per heavy atom. The lowest BCUT2D eigenvalue weighted by molar-refractivity contribution is -0.138. The molecule has 4 nitrogen and oxygen atoms in total. The largest absolute Gasteiger partial charge is 0.481 e. The van der Waals surface area contributed by atoms with Crippen molar-refractivity contribution in [2.75, 3.05) is 13.2 Å². The van der Waals surface area contributed by atoms with E-state index in [1.54, 1.807) is 6.07 Å². The van der Waals surface area contributed by atoms with Gasteiger partial charge in [0.15, 0.2) is 0 Å². The van der Waals surface area contributed by atoms with Crippen LogP contribution in [-0.2, 0) is 9.53 Å². The third kappa shape index (κ3) is 4.18. The lowest BCUT2D eigenvalue weighted by Crippen LogP contribution is -2.18. The number of carbonyl (C=O) groups is 1. The lowest BCUT2D eigenvalue weighted by atomic mass is 10.1. The van der Waals surface area contributed by atoms with Crippen molar-refractivity contribution in [1.82, 2.24) is 0 Å². The number of rotatable bonds is 6. The van der Waals surface area contributed by atoms with Gasteiger partial charge in [0.2, 0.25) is 0 Å². The van der Waals surface area contributed by atoms with Crippen molar-refractivity contribution in [2.45, 2.75) is 12.5 Å². The van der Waals surface area contributed by atoms with Crippen LogP contribution >= 0.6 is 11.6 Å². The van der Waals surface area contributed by atoms with E-state index in [1.165, 1.54) is 0 Å². The van der Waals surface area contributed by atoms with Gasteiger partial charge >= 0.3 is 5.97 Å². The molecule has 0 aliphatic carbocycles. The summed E-state index contributed by atoms with van der Waals surface area (Å²) >= 11 is 5.95. The van der Waals surface area contributed by atoms with Crippen molar-refractivity contribution in [3.63, 3.8) is 0 Å². The van der Waals surface area contributed by atoms with Crippen LogP contribution in [0.1, 0.15) is 18.0 Å². The molecule has 1 rings (SSSR count). The van der Waals surface area contributed by atoms with Gasteiger partial charge in [-0.15, -0.1) is 0 Å². The van der Waals surface area contributed by atoms with Crippen LogP contribution in [0.2, 0.25) is 5.02 Å². The van der Waals surface area contributed by atoms with E-state index in [2.05, 4.69) is 0 Å². The molecule has 0 spiro atoms. The summed E-state index contributed by atoms with van der Waals surface area (Å²) in [5, 5.41) is 9.00. The highest BCUT2D eigenvalue weighted by atomic mass is 35.5. The van der Waals surface area contributed by atoms with Gasteiger partial charge in [-0.25, -0.2) is 0 Å². The van der Waals surface area contributed by atoms with Gasteiger partial charge < -0.3 is 15.6 Å². The number of carboxylic acids is 1. The summed E-state index contributed by atoms with van der Waals surface area (Å²) in [5.41, 5.74) is 6.66. The highest BCUT2D eigenvalue weighted by Crippen LogP contribution is 2.20. The van der Waals surface area contributed by atoms with Crippen LogP contribution < -0.4 is 5.73 Å². The first-order chi connectivity index (χ1) is 7.61. The standard InChI is InChI=1S/C11H14ClNO3/c12-9-4-2-1-3-8(9)10(13)7-16-6-5-11(14)15/h1-4,10H,5-7,13H2,(H,14,15). The van der Waals surface area contributed by atoms with Gasteiger partial charge in [0.1, 0.15) is 0 Å². The molecular weight excluding hydrogens is 230 g/mol. The van der Waals surface area contributed by atoms with E-state index in [0.29, 0.717) is 5.02 Å². The highest BCUT2D eigenvalue weighted by Gasteiger charge is 2.09. The topological polar surface area (TPSA) is 72.5 Å². The molecule has 16 heavy (non-hydrogen) atoms. The zero-order valence-corrected chi connectivity index (χ0v) is 9.48. The first kappa shape index (κ1) is 13.0. The lowest BCUT2D eigenvalue weighted by Gasteiger charge is -2.13. The second kappa shape index (κ2) is 6.48. The van der Waals surface area contributed by atoms with Crippen LogP contribution in [0.4, 0.5) is 0 Å². The Bertz CT molecular complexity index is 357. The van der Waals surface area contributed by atoms with Gasteiger partial charge in [-0.2, -0.15) is 0 Å². The van der Waals surface area contributed by atoms with E-state index in [1.807, 2.05) is 18.2 Å². The number of ether oxygens (including phenoxy) is 1. The number of halogens is 1. The average molecular weight is 244 g/mol. The predicted molar refractivity (Wildman–Crippen MR) is 61.5 cm³/mol. The van der Waals surface area contributed by atoms with Gasteiger partial charge in [0.25, 0.3) is 0 Å². The van der Waals surface area contributed by atoms with Crippen molar-refractivity contribution in [3.8, 4) is 0 Å². The van der Waals surface area contributed by atoms with Gasteiger partial charge in [0.05, 0.1) is 25.7 Å². The summed E-state index contributed by atoms with van der Waals surface area (Å²) in [6.07, 6.45) is -0.0186. The van der Waals surface area contributed by atoms with E-state index in [-0.39, 0.29) is 25.7 Å². The van der Waals surface area contributed by atoms with Crippen LogP contribution in [0.5, 0.6) is 0 Å². The second-order valence-electron chi connectivity index (χ2n) is 3.35. The maximum atomic E-state index is 10.2. The second-order valence-corrected chi connectivity index (χ2v) is 3.75. The van der Waals surface area contributed by atoms with Crippen LogP contribution in [0.25, 0.3) is 0 Å². The van der Waals surface area contributed by atoms with Gasteiger partial charge in [-0.05, 0) is 11.6 Å². The molecule has 0 aromatic heterocycles. The molecule has 1 aromatic rings. The molecule has 1 aromatic carbocycles. The van der Waals surface area contributed by atoms with Crippen molar-refractivity contribution < 1.29 is 14.6 Å². The molecule has 0 amide bonds. The Hall–Kier alpha value is -1.10. The number of carboxylic acid groups (broad SMARTS) is 1. The molecule has 0 fully saturated rings. The molecule has 1 unspecified atom stereocenters. The van der Waals surface area contributed by atoms with E-state index < -0.39 is 5.97 Å². The Kier molecular flexibility index (Phi) is 5.25. The Morgan fingerprint density at radius 1 is 1.50 bits per heavy atom. The summed E-state index contributed by atoms with van der Waals surface area (Å²) in [4.78, 5) is 10.2. The normalized spacial score (nSPS) is 12.4. The van der Waals surface area contributed by atoms with E-state index >= 15 is 0 Å². The number of hydrogen-bond acceptors (Lipinski definition) is 3. The monoisotopic (exact) mass is 243 g/mol. The molecule has 1 atom stereocenters. The van der Waals surface area contributed by atoms with Gasteiger partial charge in [-0.3, -0.25) is 4.79 Å². The molecule has 0 aliphatic heterocycles. The molecule has 0 aliphatic rings. The Balaban J connectivity index is 2.38. The molecule has 88 valence electrons. The summed E-state index contributed by atoms with van der Waals surface area (Å²) in [5.74, 6) is -0.883. The molecule has 3 N–H and O–H groups in total. The maximum Gasteiger partial charge on any atom is 0.305 e. The van der Waals surface area contributed by atoms with Crippen molar-refractivity contribution in [1.29, 1.82) is 0 Å². The SMILES string of the molecule is NC(COCCC(=O)O)c1ccccc1Cl.